The Kier molecular flexibility index (Phi) is 4.57. The summed E-state index contributed by atoms with van der Waals surface area (Å²) >= 11 is 0. The fourth-order valence-electron chi connectivity index (χ4n) is 1.07. The summed E-state index contributed by atoms with van der Waals surface area (Å²) in [6.45, 7) is 3.79. The number of benzene rings is 1. The van der Waals surface area contributed by atoms with Crippen molar-refractivity contribution in [1.29, 1.82) is 0 Å². The number of carbonyl (C=O) groups excluding carboxylic acids is 1. The number of esters is 1. The van der Waals surface area contributed by atoms with Gasteiger partial charge < -0.3 is 10.5 Å². The maximum atomic E-state index is 11.2. The minimum atomic E-state index is -0.326. The Labute approximate surface area is 89.5 Å². The van der Waals surface area contributed by atoms with Crippen LogP contribution in [0.25, 0.3) is 0 Å². The molecule has 1 aromatic carbocycles. The number of nitrogens with two attached hydrogens (primary N) is 1. The molecule has 3 heteroatoms. The van der Waals surface area contributed by atoms with Crippen LogP contribution in [0.2, 0.25) is 0 Å². The molecule has 80 valence electrons. The molecule has 0 radical (unpaired) electrons. The SMILES string of the molecule is C=C[C@H](N)CC(=O)OCc1ccccc1. The summed E-state index contributed by atoms with van der Waals surface area (Å²) in [4.78, 5) is 11.2. The predicted molar refractivity (Wildman–Crippen MR) is 59.0 cm³/mol. The molecule has 0 aliphatic heterocycles. The summed E-state index contributed by atoms with van der Waals surface area (Å²) in [5.74, 6) is -0.300. The van der Waals surface area contributed by atoms with E-state index in [9.17, 15) is 4.79 Å². The maximum absolute atomic E-state index is 11.2. The lowest BCUT2D eigenvalue weighted by Gasteiger charge is -2.07. The van der Waals surface area contributed by atoms with Crippen LogP contribution in [0.1, 0.15) is 12.0 Å². The molecule has 1 atom stereocenters. The molecular weight excluding hydrogens is 190 g/mol. The van der Waals surface area contributed by atoms with Gasteiger partial charge >= 0.3 is 5.97 Å². The minimum absolute atomic E-state index is 0.177. The first-order chi connectivity index (χ1) is 7.22. The second-order valence-electron chi connectivity index (χ2n) is 3.25. The van der Waals surface area contributed by atoms with Crippen LogP contribution in [0, 0.1) is 0 Å². The molecule has 0 amide bonds. The van der Waals surface area contributed by atoms with E-state index >= 15 is 0 Å². The molecule has 0 aromatic heterocycles. The molecule has 2 N–H and O–H groups in total. The summed E-state index contributed by atoms with van der Waals surface area (Å²) < 4.78 is 5.03. The lowest BCUT2D eigenvalue weighted by atomic mass is 10.2. The van der Waals surface area contributed by atoms with Gasteiger partial charge in [0.1, 0.15) is 6.61 Å². The standard InChI is InChI=1S/C12H15NO2/c1-2-11(13)8-12(14)15-9-10-6-4-3-5-7-10/h2-7,11H,1,8-9,13H2/t11-/m0/s1. The first kappa shape index (κ1) is 11.5. The van der Waals surface area contributed by atoms with Crippen LogP contribution in [0.5, 0.6) is 0 Å². The van der Waals surface area contributed by atoms with Gasteiger partial charge in [-0.2, -0.15) is 0 Å². The van der Waals surface area contributed by atoms with Gasteiger partial charge in [-0.3, -0.25) is 4.79 Å². The molecular formula is C12H15NO2. The van der Waals surface area contributed by atoms with Gasteiger partial charge in [0.25, 0.3) is 0 Å². The highest BCUT2D eigenvalue weighted by molar-refractivity contribution is 5.70. The van der Waals surface area contributed by atoms with Gasteiger partial charge in [-0.15, -0.1) is 6.58 Å². The van der Waals surface area contributed by atoms with E-state index < -0.39 is 0 Å². The second kappa shape index (κ2) is 5.98. The molecule has 0 bridgehead atoms. The fourth-order valence-corrected chi connectivity index (χ4v) is 1.07. The van der Waals surface area contributed by atoms with Crippen LogP contribution in [0.3, 0.4) is 0 Å². The van der Waals surface area contributed by atoms with Crippen molar-refractivity contribution >= 4 is 5.97 Å². The Morgan fingerprint density at radius 2 is 2.13 bits per heavy atom. The topological polar surface area (TPSA) is 52.3 Å². The van der Waals surface area contributed by atoms with Crippen molar-refractivity contribution in [2.24, 2.45) is 5.73 Å². The van der Waals surface area contributed by atoms with Gasteiger partial charge in [0.05, 0.1) is 6.42 Å². The quantitative estimate of drug-likeness (QED) is 0.587. The zero-order valence-electron chi connectivity index (χ0n) is 8.56. The third kappa shape index (κ3) is 4.42. The molecule has 0 spiro atoms. The van der Waals surface area contributed by atoms with Crippen LogP contribution in [0.4, 0.5) is 0 Å². The number of carbonyl (C=O) groups is 1. The van der Waals surface area contributed by atoms with Gasteiger partial charge in [0.2, 0.25) is 0 Å². The van der Waals surface area contributed by atoms with Crippen molar-refractivity contribution in [3.05, 3.63) is 48.6 Å². The Hall–Kier alpha value is -1.61. The van der Waals surface area contributed by atoms with E-state index in [2.05, 4.69) is 6.58 Å². The van der Waals surface area contributed by atoms with Gasteiger partial charge in [-0.05, 0) is 5.56 Å². The predicted octanol–water partition coefficient (Wildman–Crippen LogP) is 1.63. The highest BCUT2D eigenvalue weighted by Crippen LogP contribution is 2.02. The summed E-state index contributed by atoms with van der Waals surface area (Å²) in [6, 6.07) is 9.20. The summed E-state index contributed by atoms with van der Waals surface area (Å²) in [7, 11) is 0. The Morgan fingerprint density at radius 1 is 1.47 bits per heavy atom. The zero-order valence-corrected chi connectivity index (χ0v) is 8.56. The first-order valence-electron chi connectivity index (χ1n) is 4.80. The van der Waals surface area contributed by atoms with Gasteiger partial charge in [-0.25, -0.2) is 0 Å². The third-order valence-electron chi connectivity index (χ3n) is 1.95. The zero-order chi connectivity index (χ0) is 11.1. The molecule has 0 fully saturated rings. The van der Waals surface area contributed by atoms with Crippen molar-refractivity contribution in [2.75, 3.05) is 0 Å². The summed E-state index contributed by atoms with van der Waals surface area (Å²) in [6.07, 6.45) is 1.71. The molecule has 1 rings (SSSR count). The molecule has 0 unspecified atom stereocenters. The summed E-state index contributed by atoms with van der Waals surface area (Å²) in [5.41, 5.74) is 6.49. The van der Waals surface area contributed by atoms with Crippen molar-refractivity contribution in [1.82, 2.24) is 0 Å². The largest absolute Gasteiger partial charge is 0.461 e. The van der Waals surface area contributed by atoms with Crippen LogP contribution in [-0.4, -0.2) is 12.0 Å². The highest BCUT2D eigenvalue weighted by atomic mass is 16.5. The lowest BCUT2D eigenvalue weighted by molar-refractivity contribution is -0.145. The molecule has 0 aliphatic rings. The van der Waals surface area contributed by atoms with E-state index in [0.29, 0.717) is 6.61 Å². The van der Waals surface area contributed by atoms with E-state index in [0.717, 1.165) is 5.56 Å². The molecule has 0 saturated carbocycles. The van der Waals surface area contributed by atoms with Gasteiger partial charge in [0.15, 0.2) is 0 Å². The second-order valence-corrected chi connectivity index (χ2v) is 3.25. The average molecular weight is 205 g/mol. The van der Waals surface area contributed by atoms with Crippen molar-refractivity contribution in [2.45, 2.75) is 19.1 Å². The monoisotopic (exact) mass is 205 g/mol. The van der Waals surface area contributed by atoms with E-state index in [4.69, 9.17) is 10.5 Å². The molecule has 0 heterocycles. The van der Waals surface area contributed by atoms with E-state index in [1.807, 2.05) is 30.3 Å². The van der Waals surface area contributed by atoms with Crippen molar-refractivity contribution in [3.8, 4) is 0 Å². The van der Waals surface area contributed by atoms with Crippen LogP contribution in [-0.2, 0) is 16.1 Å². The Morgan fingerprint density at radius 3 is 2.73 bits per heavy atom. The van der Waals surface area contributed by atoms with E-state index in [1.54, 1.807) is 0 Å². The van der Waals surface area contributed by atoms with E-state index in [-0.39, 0.29) is 18.4 Å². The average Bonchev–Trinajstić information content (AvgIpc) is 2.27. The smallest absolute Gasteiger partial charge is 0.308 e. The normalized spacial score (nSPS) is 11.8. The number of hydrogen-bond donors (Lipinski definition) is 1. The molecule has 0 saturated heterocycles. The highest BCUT2D eigenvalue weighted by Gasteiger charge is 2.07. The lowest BCUT2D eigenvalue weighted by Crippen LogP contribution is -2.22. The van der Waals surface area contributed by atoms with Gasteiger partial charge in [0, 0.05) is 6.04 Å². The fraction of sp³-hybridized carbons (Fsp3) is 0.250. The third-order valence-corrected chi connectivity index (χ3v) is 1.95. The van der Waals surface area contributed by atoms with Crippen molar-refractivity contribution in [3.63, 3.8) is 0 Å². The van der Waals surface area contributed by atoms with Crippen LogP contribution in [0.15, 0.2) is 43.0 Å². The van der Waals surface area contributed by atoms with E-state index in [1.165, 1.54) is 6.08 Å². The summed E-state index contributed by atoms with van der Waals surface area (Å²) in [5, 5.41) is 0. The minimum Gasteiger partial charge on any atom is -0.461 e. The van der Waals surface area contributed by atoms with Gasteiger partial charge in [-0.1, -0.05) is 36.4 Å². The molecule has 3 nitrogen and oxygen atoms in total. The Balaban J connectivity index is 2.31. The number of ether oxygens (including phenoxy) is 1. The molecule has 0 aliphatic carbocycles. The Bertz CT molecular complexity index is 322. The molecule has 15 heavy (non-hydrogen) atoms. The maximum Gasteiger partial charge on any atom is 0.308 e. The van der Waals surface area contributed by atoms with Crippen LogP contribution >= 0.6 is 0 Å². The van der Waals surface area contributed by atoms with Crippen molar-refractivity contribution < 1.29 is 9.53 Å². The number of hydrogen-bond acceptors (Lipinski definition) is 3. The van der Waals surface area contributed by atoms with Crippen LogP contribution < -0.4 is 5.73 Å². The number of rotatable bonds is 5. The molecule has 1 aromatic rings. The first-order valence-corrected chi connectivity index (χ1v) is 4.80.